The third-order valence-electron chi connectivity index (χ3n) is 4.39. The Labute approximate surface area is 198 Å². The van der Waals surface area contributed by atoms with Crippen LogP contribution in [0.1, 0.15) is 11.1 Å². The van der Waals surface area contributed by atoms with Crippen LogP contribution in [0.15, 0.2) is 58.1 Å². The van der Waals surface area contributed by atoms with Gasteiger partial charge in [0.15, 0.2) is 5.84 Å². The monoisotopic (exact) mass is 508 g/mol. The lowest BCUT2D eigenvalue weighted by Gasteiger charge is -2.20. The third kappa shape index (κ3) is 4.58. The van der Waals surface area contributed by atoms with Gasteiger partial charge in [-0.3, -0.25) is 10.2 Å². The topological polar surface area (TPSA) is 112 Å². The standard InChI is InChI=1S/C20H14Cl2N4O4S2/c1-32(28,29)20-25-26-17(23)13(18(27)24-19(26)31-20)9-11-5-7-12(8-6-11)30-10-14-15(21)3-2-4-16(14)22/h2-9,23H,10H2,1H3/b13-9+,23-17?. The number of hydrazone groups is 1. The van der Waals surface area contributed by atoms with Crippen LogP contribution in [0, 0.1) is 5.41 Å². The molecule has 0 atom stereocenters. The van der Waals surface area contributed by atoms with Crippen molar-refractivity contribution in [2.75, 3.05) is 6.26 Å². The highest BCUT2D eigenvalue weighted by Crippen LogP contribution is 2.30. The van der Waals surface area contributed by atoms with Crippen molar-refractivity contribution in [2.24, 2.45) is 10.1 Å². The predicted octanol–water partition coefficient (Wildman–Crippen LogP) is 4.19. The molecule has 2 aromatic carbocycles. The summed E-state index contributed by atoms with van der Waals surface area (Å²) in [5, 5.41) is 14.3. The molecule has 2 heterocycles. The van der Waals surface area contributed by atoms with Crippen molar-refractivity contribution in [3.05, 3.63) is 69.2 Å². The Morgan fingerprint density at radius 1 is 1.16 bits per heavy atom. The van der Waals surface area contributed by atoms with Crippen LogP contribution < -0.4 is 4.74 Å². The number of rotatable bonds is 4. The third-order valence-corrected chi connectivity index (χ3v) is 7.67. The Bertz CT molecular complexity index is 1320. The van der Waals surface area contributed by atoms with Gasteiger partial charge in [-0.15, -0.1) is 5.10 Å². The second kappa shape index (κ2) is 8.70. The van der Waals surface area contributed by atoms with Crippen LogP contribution in [0.3, 0.4) is 0 Å². The van der Waals surface area contributed by atoms with E-state index < -0.39 is 15.7 Å². The molecule has 2 aromatic rings. The zero-order valence-electron chi connectivity index (χ0n) is 16.4. The average molecular weight is 509 g/mol. The number of sulfone groups is 1. The van der Waals surface area contributed by atoms with Crippen molar-refractivity contribution in [3.8, 4) is 5.75 Å². The molecule has 0 aliphatic carbocycles. The van der Waals surface area contributed by atoms with Crippen molar-refractivity contribution in [3.63, 3.8) is 0 Å². The fraction of sp³-hybridized carbons (Fsp3) is 0.100. The lowest BCUT2D eigenvalue weighted by molar-refractivity contribution is -0.114. The van der Waals surface area contributed by atoms with Crippen LogP contribution in [0.25, 0.3) is 6.08 Å². The number of hydrogen-bond acceptors (Lipinski definition) is 7. The lowest BCUT2D eigenvalue weighted by atomic mass is 10.1. The number of fused-ring (bicyclic) bond motifs is 1. The van der Waals surface area contributed by atoms with Crippen molar-refractivity contribution in [2.45, 2.75) is 6.61 Å². The summed E-state index contributed by atoms with van der Waals surface area (Å²) in [6.45, 7) is 0.187. The van der Waals surface area contributed by atoms with Crippen LogP contribution in [-0.4, -0.2) is 41.0 Å². The Morgan fingerprint density at radius 2 is 1.81 bits per heavy atom. The number of hydrogen-bond donors (Lipinski definition) is 1. The molecule has 0 fully saturated rings. The Morgan fingerprint density at radius 3 is 2.44 bits per heavy atom. The molecular weight excluding hydrogens is 495 g/mol. The van der Waals surface area contributed by atoms with E-state index in [1.807, 2.05) is 0 Å². The van der Waals surface area contributed by atoms with Gasteiger partial charge in [-0.05, 0) is 47.7 Å². The van der Waals surface area contributed by atoms with Gasteiger partial charge in [0.25, 0.3) is 5.91 Å². The molecule has 0 unspecified atom stereocenters. The number of nitrogens with zero attached hydrogens (tertiary/aromatic N) is 3. The molecule has 0 radical (unpaired) electrons. The smallest absolute Gasteiger partial charge is 0.283 e. The first-order chi connectivity index (χ1) is 15.1. The van der Waals surface area contributed by atoms with Gasteiger partial charge in [-0.1, -0.05) is 41.4 Å². The molecule has 0 bridgehead atoms. The van der Waals surface area contributed by atoms with Crippen LogP contribution >= 0.6 is 35.0 Å². The highest BCUT2D eigenvalue weighted by atomic mass is 35.5. The van der Waals surface area contributed by atoms with Gasteiger partial charge >= 0.3 is 0 Å². The summed E-state index contributed by atoms with van der Waals surface area (Å²) in [5.74, 6) is -0.334. The first kappa shape index (κ1) is 22.5. The molecule has 1 N–H and O–H groups in total. The Balaban J connectivity index is 1.51. The van der Waals surface area contributed by atoms with E-state index in [9.17, 15) is 13.2 Å². The van der Waals surface area contributed by atoms with Gasteiger partial charge in [0.2, 0.25) is 19.4 Å². The SMILES string of the molecule is CS(=O)(=O)C1=NN2C(=N)/C(=C\c3ccc(OCc4c(Cl)cccc4Cl)cc3)C(=O)N=C2S1. The van der Waals surface area contributed by atoms with E-state index in [4.69, 9.17) is 33.3 Å². The number of benzene rings is 2. The van der Waals surface area contributed by atoms with Crippen molar-refractivity contribution in [1.29, 1.82) is 5.41 Å². The van der Waals surface area contributed by atoms with E-state index in [-0.39, 0.29) is 27.6 Å². The summed E-state index contributed by atoms with van der Waals surface area (Å²) in [4.78, 5) is 16.3. The maximum absolute atomic E-state index is 12.4. The van der Waals surface area contributed by atoms with Crippen LogP contribution in [-0.2, 0) is 21.2 Å². The first-order valence-electron chi connectivity index (χ1n) is 8.99. The minimum atomic E-state index is -3.58. The van der Waals surface area contributed by atoms with Gasteiger partial charge in [0.1, 0.15) is 12.4 Å². The molecule has 0 saturated carbocycles. The van der Waals surface area contributed by atoms with E-state index in [0.29, 0.717) is 26.9 Å². The summed E-state index contributed by atoms with van der Waals surface area (Å²) in [5.41, 5.74) is 1.29. The molecule has 4 rings (SSSR count). The van der Waals surface area contributed by atoms with Crippen LogP contribution in [0.5, 0.6) is 5.75 Å². The second-order valence-electron chi connectivity index (χ2n) is 6.72. The molecule has 0 spiro atoms. The van der Waals surface area contributed by atoms with Crippen LogP contribution in [0.2, 0.25) is 10.0 Å². The van der Waals surface area contributed by atoms with E-state index in [2.05, 4.69) is 10.1 Å². The molecule has 8 nitrogen and oxygen atoms in total. The zero-order valence-corrected chi connectivity index (χ0v) is 19.5. The lowest BCUT2D eigenvalue weighted by Crippen LogP contribution is -2.35. The number of aliphatic imine (C=N–C) groups is 1. The highest BCUT2D eigenvalue weighted by Gasteiger charge is 2.38. The number of halogens is 2. The summed E-state index contributed by atoms with van der Waals surface area (Å²) < 4.78 is 29.0. The number of nitrogens with one attached hydrogen (secondary N) is 1. The maximum atomic E-state index is 12.4. The fourth-order valence-corrected chi connectivity index (χ4v) is 4.97. The molecule has 164 valence electrons. The van der Waals surface area contributed by atoms with E-state index >= 15 is 0 Å². The van der Waals surface area contributed by atoms with E-state index in [0.717, 1.165) is 23.0 Å². The Hall–Kier alpha value is -2.66. The van der Waals surface area contributed by atoms with E-state index in [1.54, 1.807) is 42.5 Å². The van der Waals surface area contributed by atoms with Gasteiger partial charge in [-0.25, -0.2) is 8.42 Å². The maximum Gasteiger partial charge on any atom is 0.283 e. The number of amidine groups is 2. The number of carbonyl (C=O) groups is 1. The Kier molecular flexibility index (Phi) is 6.13. The van der Waals surface area contributed by atoms with Gasteiger partial charge in [0.05, 0.1) is 5.57 Å². The van der Waals surface area contributed by atoms with Gasteiger partial charge in [-0.2, -0.15) is 10.0 Å². The summed E-state index contributed by atoms with van der Waals surface area (Å²) in [6, 6.07) is 12.0. The quantitative estimate of drug-likeness (QED) is 0.619. The largest absolute Gasteiger partial charge is 0.489 e. The number of amides is 1. The minimum absolute atomic E-state index is 0.00984. The molecular formula is C20H14Cl2N4O4S2. The normalized spacial score (nSPS) is 17.3. The molecule has 12 heteroatoms. The van der Waals surface area contributed by atoms with Crippen LogP contribution in [0.4, 0.5) is 0 Å². The highest BCUT2D eigenvalue weighted by molar-refractivity contribution is 8.42. The minimum Gasteiger partial charge on any atom is -0.489 e. The van der Waals surface area contributed by atoms with Gasteiger partial charge < -0.3 is 4.74 Å². The van der Waals surface area contributed by atoms with E-state index in [1.165, 1.54) is 6.08 Å². The zero-order chi connectivity index (χ0) is 23.0. The number of ether oxygens (including phenoxy) is 1. The average Bonchev–Trinajstić information content (AvgIpc) is 3.16. The molecule has 0 aromatic heterocycles. The summed E-state index contributed by atoms with van der Waals surface area (Å²) in [7, 11) is -3.58. The van der Waals surface area contributed by atoms with Gasteiger partial charge in [0, 0.05) is 21.9 Å². The number of thioether (sulfide) groups is 1. The van der Waals surface area contributed by atoms with Crippen molar-refractivity contribution < 1.29 is 17.9 Å². The molecule has 2 aliphatic heterocycles. The second-order valence-corrected chi connectivity index (χ2v) is 10.7. The molecule has 32 heavy (non-hydrogen) atoms. The molecule has 2 aliphatic rings. The number of carbonyl (C=O) groups excluding carboxylic acids is 1. The van der Waals surface area contributed by atoms with Crippen molar-refractivity contribution in [1.82, 2.24) is 5.01 Å². The summed E-state index contributed by atoms with van der Waals surface area (Å²) >= 11 is 13.0. The predicted molar refractivity (Wildman–Crippen MR) is 127 cm³/mol. The fourth-order valence-electron chi connectivity index (χ4n) is 2.78. The summed E-state index contributed by atoms with van der Waals surface area (Å²) in [6.07, 6.45) is 2.49. The molecule has 1 amide bonds. The molecule has 0 saturated heterocycles. The first-order valence-corrected chi connectivity index (χ1v) is 12.5. The van der Waals surface area contributed by atoms with Crippen molar-refractivity contribution >= 4 is 72.2 Å².